The van der Waals surface area contributed by atoms with Crippen molar-refractivity contribution in [3.8, 4) is 5.75 Å². The van der Waals surface area contributed by atoms with E-state index in [1.54, 1.807) is 24.3 Å². The molecule has 5 rings (SSSR count). The molecule has 3 aromatic rings. The van der Waals surface area contributed by atoms with Crippen LogP contribution in [0.25, 0.3) is 0 Å². The number of para-hydroxylation sites is 2. The first kappa shape index (κ1) is 22.6. The van der Waals surface area contributed by atoms with Gasteiger partial charge in [0.15, 0.2) is 0 Å². The SMILES string of the molecule is OCc1ccc(CN2CCN3c4ccccc4N(c4ccc(C(F)(F)F)cc4)CC3C2)cc1O. The van der Waals surface area contributed by atoms with Gasteiger partial charge in [-0.3, -0.25) is 4.90 Å². The fourth-order valence-electron chi connectivity index (χ4n) is 4.96. The lowest BCUT2D eigenvalue weighted by atomic mass is 10.0. The highest BCUT2D eigenvalue weighted by atomic mass is 19.4. The third-order valence-electron chi connectivity index (χ3n) is 6.67. The van der Waals surface area contributed by atoms with Gasteiger partial charge in [-0.1, -0.05) is 24.3 Å². The summed E-state index contributed by atoms with van der Waals surface area (Å²) >= 11 is 0. The molecular formula is C26H26F3N3O2. The van der Waals surface area contributed by atoms with E-state index in [-0.39, 0.29) is 18.4 Å². The van der Waals surface area contributed by atoms with Gasteiger partial charge in [0.25, 0.3) is 0 Å². The second-order valence-electron chi connectivity index (χ2n) is 8.85. The molecule has 0 aromatic heterocycles. The molecule has 0 bridgehead atoms. The minimum atomic E-state index is -4.36. The Bertz CT molecular complexity index is 1170. The third-order valence-corrected chi connectivity index (χ3v) is 6.67. The van der Waals surface area contributed by atoms with Gasteiger partial charge in [-0.05, 0) is 48.0 Å². The molecule has 1 unspecified atom stereocenters. The number of aliphatic hydroxyl groups excluding tert-OH is 1. The van der Waals surface area contributed by atoms with E-state index in [1.807, 2.05) is 24.3 Å². The average molecular weight is 470 g/mol. The molecule has 1 atom stereocenters. The number of hydrogen-bond acceptors (Lipinski definition) is 5. The van der Waals surface area contributed by atoms with E-state index in [0.717, 1.165) is 54.4 Å². The van der Waals surface area contributed by atoms with Gasteiger partial charge >= 0.3 is 6.18 Å². The molecule has 1 fully saturated rings. The summed E-state index contributed by atoms with van der Waals surface area (Å²) in [4.78, 5) is 6.81. The van der Waals surface area contributed by atoms with Gasteiger partial charge in [0, 0.05) is 44.0 Å². The van der Waals surface area contributed by atoms with Crippen LogP contribution in [0.15, 0.2) is 66.7 Å². The first-order chi connectivity index (χ1) is 16.3. The predicted molar refractivity (Wildman–Crippen MR) is 125 cm³/mol. The highest BCUT2D eigenvalue weighted by Crippen LogP contribution is 2.41. The van der Waals surface area contributed by atoms with Crippen LogP contribution in [0, 0.1) is 0 Å². The standard InChI is InChI=1S/C26H26F3N3O2/c27-26(28,29)20-7-9-21(10-8-20)32-16-22-15-30(14-18-5-6-19(17-33)25(34)13-18)11-12-31(22)23-3-1-2-4-24(23)32/h1-10,13,22,33-34H,11-12,14-17H2. The monoisotopic (exact) mass is 469 g/mol. The number of alkyl halides is 3. The second kappa shape index (κ2) is 8.85. The molecule has 2 heterocycles. The van der Waals surface area contributed by atoms with Crippen molar-refractivity contribution in [2.45, 2.75) is 25.4 Å². The van der Waals surface area contributed by atoms with E-state index in [4.69, 9.17) is 0 Å². The Morgan fingerprint density at radius 3 is 2.29 bits per heavy atom. The van der Waals surface area contributed by atoms with Crippen LogP contribution in [-0.4, -0.2) is 47.3 Å². The normalized spacial score (nSPS) is 18.5. The smallest absolute Gasteiger partial charge is 0.416 e. The van der Waals surface area contributed by atoms with E-state index in [0.29, 0.717) is 18.7 Å². The van der Waals surface area contributed by atoms with Crippen LogP contribution in [0.4, 0.5) is 30.2 Å². The van der Waals surface area contributed by atoms with Crippen molar-refractivity contribution in [3.05, 3.63) is 83.4 Å². The lowest BCUT2D eigenvalue weighted by Crippen LogP contribution is -2.59. The molecule has 2 aliphatic heterocycles. The number of aromatic hydroxyl groups is 1. The van der Waals surface area contributed by atoms with Gasteiger partial charge in [0.2, 0.25) is 0 Å². The molecule has 34 heavy (non-hydrogen) atoms. The van der Waals surface area contributed by atoms with Gasteiger partial charge in [0.05, 0.1) is 29.6 Å². The van der Waals surface area contributed by atoms with E-state index >= 15 is 0 Å². The molecule has 178 valence electrons. The Hall–Kier alpha value is -3.23. The van der Waals surface area contributed by atoms with Crippen LogP contribution in [0.3, 0.4) is 0 Å². The molecule has 1 saturated heterocycles. The molecule has 2 N–H and O–H groups in total. The Morgan fingerprint density at radius 2 is 1.62 bits per heavy atom. The van der Waals surface area contributed by atoms with E-state index in [1.165, 1.54) is 0 Å². The Balaban J connectivity index is 1.38. The van der Waals surface area contributed by atoms with Gasteiger partial charge in [-0.15, -0.1) is 0 Å². The van der Waals surface area contributed by atoms with Crippen molar-refractivity contribution < 1.29 is 23.4 Å². The second-order valence-corrected chi connectivity index (χ2v) is 8.85. The molecular weight excluding hydrogens is 443 g/mol. The van der Waals surface area contributed by atoms with Gasteiger partial charge in [0.1, 0.15) is 5.75 Å². The molecule has 0 saturated carbocycles. The summed E-state index contributed by atoms with van der Waals surface area (Å²) in [6.07, 6.45) is -4.36. The molecule has 0 radical (unpaired) electrons. The fourth-order valence-corrected chi connectivity index (χ4v) is 4.96. The van der Waals surface area contributed by atoms with Crippen molar-refractivity contribution in [2.75, 3.05) is 36.0 Å². The van der Waals surface area contributed by atoms with E-state index in [9.17, 15) is 23.4 Å². The number of phenols is 1. The lowest BCUT2D eigenvalue weighted by molar-refractivity contribution is -0.137. The molecule has 5 nitrogen and oxygen atoms in total. The maximum atomic E-state index is 13.1. The molecule has 0 spiro atoms. The number of benzene rings is 3. The van der Waals surface area contributed by atoms with Crippen LogP contribution < -0.4 is 9.80 Å². The first-order valence-electron chi connectivity index (χ1n) is 11.3. The summed E-state index contributed by atoms with van der Waals surface area (Å²) in [5, 5.41) is 19.4. The van der Waals surface area contributed by atoms with Gasteiger partial charge < -0.3 is 20.0 Å². The topological polar surface area (TPSA) is 50.2 Å². The summed E-state index contributed by atoms with van der Waals surface area (Å²) in [7, 11) is 0. The van der Waals surface area contributed by atoms with E-state index < -0.39 is 11.7 Å². The first-order valence-corrected chi connectivity index (χ1v) is 11.3. The number of fused-ring (bicyclic) bond motifs is 3. The number of rotatable bonds is 4. The van der Waals surface area contributed by atoms with Crippen molar-refractivity contribution in [1.82, 2.24) is 4.90 Å². The Labute approximate surface area is 196 Å². The molecule has 8 heteroatoms. The number of piperazine rings is 1. The maximum absolute atomic E-state index is 13.1. The van der Waals surface area contributed by atoms with Crippen LogP contribution >= 0.6 is 0 Å². The number of halogens is 3. The quantitative estimate of drug-likeness (QED) is 0.578. The van der Waals surface area contributed by atoms with Gasteiger partial charge in [-0.2, -0.15) is 13.2 Å². The fraction of sp³-hybridized carbons (Fsp3) is 0.308. The predicted octanol–water partition coefficient (Wildman–Crippen LogP) is 4.75. The summed E-state index contributed by atoms with van der Waals surface area (Å²) in [6.45, 7) is 3.61. The van der Waals surface area contributed by atoms with Gasteiger partial charge in [-0.25, -0.2) is 0 Å². The largest absolute Gasteiger partial charge is 0.508 e. The lowest BCUT2D eigenvalue weighted by Gasteiger charge is -2.49. The van der Waals surface area contributed by atoms with Crippen molar-refractivity contribution in [1.29, 1.82) is 0 Å². The van der Waals surface area contributed by atoms with Crippen LogP contribution in [0.1, 0.15) is 16.7 Å². The summed E-state index contributed by atoms with van der Waals surface area (Å²) in [6, 6.07) is 18.9. The highest BCUT2D eigenvalue weighted by Gasteiger charge is 2.36. The number of nitrogens with zero attached hydrogens (tertiary/aromatic N) is 3. The highest BCUT2D eigenvalue weighted by molar-refractivity contribution is 5.80. The molecule has 2 aliphatic rings. The zero-order chi connectivity index (χ0) is 23.9. The minimum absolute atomic E-state index is 0.0960. The zero-order valence-corrected chi connectivity index (χ0v) is 18.5. The summed E-state index contributed by atoms with van der Waals surface area (Å²) < 4.78 is 39.2. The van der Waals surface area contributed by atoms with Crippen LogP contribution in [0.5, 0.6) is 5.75 Å². The number of hydrogen-bond donors (Lipinski definition) is 2. The Kier molecular flexibility index (Phi) is 5.87. The summed E-state index contributed by atoms with van der Waals surface area (Å²) in [5.41, 5.74) is 3.65. The number of anilines is 3. The van der Waals surface area contributed by atoms with Crippen LogP contribution in [0.2, 0.25) is 0 Å². The van der Waals surface area contributed by atoms with Crippen LogP contribution in [-0.2, 0) is 19.3 Å². The molecule has 3 aromatic carbocycles. The summed E-state index contributed by atoms with van der Waals surface area (Å²) in [5.74, 6) is 0.0960. The Morgan fingerprint density at radius 1 is 0.882 bits per heavy atom. The molecule has 0 amide bonds. The molecule has 0 aliphatic carbocycles. The average Bonchev–Trinajstić information content (AvgIpc) is 2.83. The number of aliphatic hydroxyl groups is 1. The van der Waals surface area contributed by atoms with E-state index in [2.05, 4.69) is 20.8 Å². The maximum Gasteiger partial charge on any atom is 0.416 e. The van der Waals surface area contributed by atoms with Crippen molar-refractivity contribution in [3.63, 3.8) is 0 Å². The van der Waals surface area contributed by atoms with Crippen molar-refractivity contribution in [2.24, 2.45) is 0 Å². The minimum Gasteiger partial charge on any atom is -0.508 e. The third kappa shape index (κ3) is 4.31. The van der Waals surface area contributed by atoms with Crippen molar-refractivity contribution >= 4 is 17.1 Å². The zero-order valence-electron chi connectivity index (χ0n) is 18.5.